The number of ether oxygens (including phenoxy) is 2. The molecule has 28 heavy (non-hydrogen) atoms. The van der Waals surface area contributed by atoms with E-state index in [1.165, 1.54) is 11.1 Å². The van der Waals surface area contributed by atoms with E-state index in [9.17, 15) is 4.79 Å². The number of amides is 1. The molecule has 0 N–H and O–H groups in total. The molecule has 6 heteroatoms. The highest BCUT2D eigenvalue weighted by molar-refractivity contribution is 5.93. The number of rotatable bonds is 7. The average molecular weight is 383 g/mol. The third-order valence-corrected chi connectivity index (χ3v) is 5.24. The van der Waals surface area contributed by atoms with Crippen molar-refractivity contribution in [3.63, 3.8) is 0 Å². The molecule has 1 aliphatic rings. The smallest absolute Gasteiger partial charge is 0.272 e. The quantitative estimate of drug-likeness (QED) is 0.732. The predicted molar refractivity (Wildman–Crippen MR) is 110 cm³/mol. The number of fused-ring (bicyclic) bond motifs is 1. The van der Waals surface area contributed by atoms with E-state index in [0.29, 0.717) is 5.69 Å². The van der Waals surface area contributed by atoms with Crippen LogP contribution in [0.1, 0.15) is 41.4 Å². The van der Waals surface area contributed by atoms with Gasteiger partial charge in [0, 0.05) is 38.6 Å². The molecule has 1 aliphatic heterocycles. The Bertz CT molecular complexity index is 838. The molecule has 6 nitrogen and oxygen atoms in total. The molecule has 1 aromatic carbocycles. The fraction of sp³-hybridized carbons (Fsp3) is 0.455. The van der Waals surface area contributed by atoms with E-state index >= 15 is 0 Å². The summed E-state index contributed by atoms with van der Waals surface area (Å²) in [7, 11) is 5.15. The summed E-state index contributed by atoms with van der Waals surface area (Å²) in [4.78, 5) is 21.0. The van der Waals surface area contributed by atoms with Crippen LogP contribution in [0.5, 0.6) is 11.5 Å². The van der Waals surface area contributed by atoms with Gasteiger partial charge in [0.1, 0.15) is 5.69 Å². The largest absolute Gasteiger partial charge is 0.493 e. The lowest BCUT2D eigenvalue weighted by Crippen LogP contribution is -2.31. The number of benzene rings is 1. The summed E-state index contributed by atoms with van der Waals surface area (Å²) in [6, 6.07) is 7.98. The summed E-state index contributed by atoms with van der Waals surface area (Å²) < 4.78 is 10.9. The number of hydrogen-bond donors (Lipinski definition) is 0. The third-order valence-electron chi connectivity index (χ3n) is 5.24. The molecule has 1 aromatic heterocycles. The Hall–Kier alpha value is -2.76. The van der Waals surface area contributed by atoms with Gasteiger partial charge in [-0.05, 0) is 48.2 Å². The van der Waals surface area contributed by atoms with Crippen LogP contribution < -0.4 is 14.4 Å². The highest BCUT2D eigenvalue weighted by atomic mass is 16.5. The summed E-state index contributed by atoms with van der Waals surface area (Å²) in [6.07, 6.45) is 4.70. The lowest BCUT2D eigenvalue weighted by Gasteiger charge is -2.31. The van der Waals surface area contributed by atoms with Crippen LogP contribution in [-0.2, 0) is 13.0 Å². The minimum atomic E-state index is -0.0286. The minimum absolute atomic E-state index is 0.0286. The number of methoxy groups -OCH3 is 2. The van der Waals surface area contributed by atoms with Crippen LogP contribution in [0.25, 0.3) is 0 Å². The first-order valence-electron chi connectivity index (χ1n) is 9.77. The van der Waals surface area contributed by atoms with Crippen molar-refractivity contribution in [3.8, 4) is 11.5 Å². The second-order valence-electron chi connectivity index (χ2n) is 7.13. The van der Waals surface area contributed by atoms with Crippen LogP contribution in [0, 0.1) is 0 Å². The Morgan fingerprint density at radius 1 is 1.18 bits per heavy atom. The van der Waals surface area contributed by atoms with Crippen molar-refractivity contribution in [3.05, 3.63) is 47.3 Å². The summed E-state index contributed by atoms with van der Waals surface area (Å²) in [5.41, 5.74) is 4.00. The molecule has 0 radical (unpaired) electrons. The predicted octanol–water partition coefficient (Wildman–Crippen LogP) is 3.53. The molecule has 2 heterocycles. The first-order valence-corrected chi connectivity index (χ1v) is 9.77. The normalized spacial score (nSPS) is 13.1. The van der Waals surface area contributed by atoms with Crippen LogP contribution >= 0.6 is 0 Å². The summed E-state index contributed by atoms with van der Waals surface area (Å²) >= 11 is 0. The zero-order chi connectivity index (χ0) is 20.1. The number of hydrogen-bond acceptors (Lipinski definition) is 5. The molecule has 1 amide bonds. The molecule has 0 aliphatic carbocycles. The topological polar surface area (TPSA) is 54.9 Å². The zero-order valence-electron chi connectivity index (χ0n) is 17.2. The van der Waals surface area contributed by atoms with Crippen molar-refractivity contribution in [2.75, 3.05) is 39.3 Å². The molecule has 3 rings (SSSR count). The van der Waals surface area contributed by atoms with Crippen LogP contribution in [0.3, 0.4) is 0 Å². The number of carbonyl (C=O) groups excluding carboxylic acids is 1. The van der Waals surface area contributed by atoms with Crippen molar-refractivity contribution >= 4 is 11.6 Å². The van der Waals surface area contributed by atoms with Gasteiger partial charge < -0.3 is 19.3 Å². The van der Waals surface area contributed by atoms with Gasteiger partial charge in [0.15, 0.2) is 11.5 Å². The number of anilines is 1. The number of unbranched alkanes of at least 4 members (excludes halogenated alkanes) is 1. The van der Waals surface area contributed by atoms with Gasteiger partial charge in [0.25, 0.3) is 5.91 Å². The van der Waals surface area contributed by atoms with E-state index in [1.54, 1.807) is 25.3 Å². The maximum absolute atomic E-state index is 12.7. The second kappa shape index (κ2) is 8.95. The van der Waals surface area contributed by atoms with E-state index in [4.69, 9.17) is 9.47 Å². The lowest BCUT2D eigenvalue weighted by atomic mass is 9.98. The molecule has 0 unspecified atom stereocenters. The van der Waals surface area contributed by atoms with E-state index < -0.39 is 0 Å². The number of pyridine rings is 1. The molecule has 0 bridgehead atoms. The van der Waals surface area contributed by atoms with Gasteiger partial charge in [0.05, 0.1) is 14.2 Å². The highest BCUT2D eigenvalue weighted by Gasteiger charge is 2.21. The van der Waals surface area contributed by atoms with E-state index in [0.717, 1.165) is 56.1 Å². The first kappa shape index (κ1) is 20.0. The van der Waals surface area contributed by atoms with Gasteiger partial charge in [-0.15, -0.1) is 0 Å². The molecule has 150 valence electrons. The van der Waals surface area contributed by atoms with Gasteiger partial charge in [-0.1, -0.05) is 13.3 Å². The van der Waals surface area contributed by atoms with E-state index in [1.807, 2.05) is 25.2 Å². The molecule has 2 aromatic rings. The molecule has 0 saturated heterocycles. The summed E-state index contributed by atoms with van der Waals surface area (Å²) in [6.45, 7) is 4.51. The Kier molecular flexibility index (Phi) is 6.39. The fourth-order valence-corrected chi connectivity index (χ4v) is 3.53. The zero-order valence-corrected chi connectivity index (χ0v) is 17.2. The van der Waals surface area contributed by atoms with Crippen LogP contribution in [0.2, 0.25) is 0 Å². The number of aromatic nitrogens is 1. The molecule has 0 saturated carbocycles. The molecular formula is C22H29N3O3. The summed E-state index contributed by atoms with van der Waals surface area (Å²) in [5.74, 6) is 1.48. The third kappa shape index (κ3) is 4.21. The average Bonchev–Trinajstić information content (AvgIpc) is 2.75. The SMILES string of the molecule is CCCCN(C)C(=O)c1cc(N2CCc3cc(OC)c(OC)cc3C2)ccn1. The maximum Gasteiger partial charge on any atom is 0.272 e. The van der Waals surface area contributed by atoms with Crippen molar-refractivity contribution < 1.29 is 14.3 Å². The fourth-order valence-electron chi connectivity index (χ4n) is 3.53. The van der Waals surface area contributed by atoms with E-state index in [2.05, 4.69) is 22.9 Å². The van der Waals surface area contributed by atoms with Crippen molar-refractivity contribution in [2.24, 2.45) is 0 Å². The second-order valence-corrected chi connectivity index (χ2v) is 7.13. The van der Waals surface area contributed by atoms with Gasteiger partial charge in [0.2, 0.25) is 0 Å². The van der Waals surface area contributed by atoms with Crippen LogP contribution in [0.4, 0.5) is 5.69 Å². The molecular weight excluding hydrogens is 354 g/mol. The van der Waals surface area contributed by atoms with Gasteiger partial charge in [-0.25, -0.2) is 0 Å². The van der Waals surface area contributed by atoms with Gasteiger partial charge in [-0.2, -0.15) is 0 Å². The Balaban J connectivity index is 1.79. The summed E-state index contributed by atoms with van der Waals surface area (Å²) in [5, 5.41) is 0. The Morgan fingerprint density at radius 3 is 2.57 bits per heavy atom. The van der Waals surface area contributed by atoms with Crippen molar-refractivity contribution in [2.45, 2.75) is 32.7 Å². The molecule has 0 spiro atoms. The first-order chi connectivity index (χ1) is 13.6. The monoisotopic (exact) mass is 383 g/mol. The number of nitrogens with zero attached hydrogens (tertiary/aromatic N) is 3. The molecule has 0 fully saturated rings. The van der Waals surface area contributed by atoms with Crippen molar-refractivity contribution in [1.29, 1.82) is 0 Å². The Labute approximate surface area is 167 Å². The maximum atomic E-state index is 12.7. The minimum Gasteiger partial charge on any atom is -0.493 e. The van der Waals surface area contributed by atoms with Gasteiger partial charge >= 0.3 is 0 Å². The van der Waals surface area contributed by atoms with Gasteiger partial charge in [-0.3, -0.25) is 9.78 Å². The Morgan fingerprint density at radius 2 is 1.89 bits per heavy atom. The van der Waals surface area contributed by atoms with Crippen LogP contribution in [0.15, 0.2) is 30.5 Å². The van der Waals surface area contributed by atoms with Crippen LogP contribution in [-0.4, -0.2) is 50.1 Å². The van der Waals surface area contributed by atoms with E-state index in [-0.39, 0.29) is 5.91 Å². The van der Waals surface area contributed by atoms with Crippen molar-refractivity contribution in [1.82, 2.24) is 9.88 Å². The standard InChI is InChI=1S/C22H29N3O3/c1-5-6-10-24(2)22(26)19-14-18(7-9-23-19)25-11-8-16-12-20(27-3)21(28-4)13-17(16)15-25/h7,9,12-14H,5-6,8,10-11,15H2,1-4H3. The number of carbonyl (C=O) groups is 1. The highest BCUT2D eigenvalue weighted by Crippen LogP contribution is 2.34. The lowest BCUT2D eigenvalue weighted by molar-refractivity contribution is 0.0787. The molecule has 0 atom stereocenters.